The first-order valence-corrected chi connectivity index (χ1v) is 5.14. The molecule has 0 heterocycles. The average molecular weight is 186 g/mol. The summed E-state index contributed by atoms with van der Waals surface area (Å²) in [6.07, 6.45) is 3.35. The van der Waals surface area contributed by atoms with Gasteiger partial charge in [0.05, 0.1) is 0 Å². The number of aliphatic hydroxyl groups excluding tert-OH is 1. The second kappa shape index (κ2) is 3.95. The monoisotopic (exact) mass is 186 g/mol. The Morgan fingerprint density at radius 1 is 1.54 bits per heavy atom. The van der Waals surface area contributed by atoms with E-state index in [9.17, 15) is 0 Å². The summed E-state index contributed by atoms with van der Waals surface area (Å²) in [6, 6.07) is 0. The molecule has 1 fully saturated rings. The first-order chi connectivity index (χ1) is 6.08. The van der Waals surface area contributed by atoms with Crippen molar-refractivity contribution in [2.45, 2.75) is 38.6 Å². The van der Waals surface area contributed by atoms with Crippen molar-refractivity contribution >= 4 is 0 Å². The third-order valence-corrected chi connectivity index (χ3v) is 3.59. The van der Waals surface area contributed by atoms with E-state index in [4.69, 9.17) is 10.8 Å². The van der Waals surface area contributed by atoms with Gasteiger partial charge in [-0.25, -0.2) is 0 Å². The van der Waals surface area contributed by atoms with Crippen molar-refractivity contribution in [1.82, 2.24) is 5.32 Å². The van der Waals surface area contributed by atoms with Crippen LogP contribution < -0.4 is 11.1 Å². The molecular formula is C10H22N2O. The van der Waals surface area contributed by atoms with Crippen LogP contribution in [0.3, 0.4) is 0 Å². The highest BCUT2D eigenvalue weighted by Gasteiger charge is 2.51. The minimum absolute atomic E-state index is 0.0577. The van der Waals surface area contributed by atoms with E-state index in [-0.39, 0.29) is 12.1 Å². The third kappa shape index (κ3) is 2.22. The summed E-state index contributed by atoms with van der Waals surface area (Å²) in [5.41, 5.74) is 6.23. The van der Waals surface area contributed by atoms with Crippen molar-refractivity contribution in [1.29, 1.82) is 0 Å². The van der Waals surface area contributed by atoms with Gasteiger partial charge in [0.1, 0.15) is 0 Å². The van der Waals surface area contributed by atoms with E-state index in [2.05, 4.69) is 19.2 Å². The van der Waals surface area contributed by atoms with Crippen molar-refractivity contribution in [2.24, 2.45) is 11.1 Å². The molecule has 1 atom stereocenters. The van der Waals surface area contributed by atoms with E-state index in [1.54, 1.807) is 0 Å². The van der Waals surface area contributed by atoms with Gasteiger partial charge in [-0.2, -0.15) is 0 Å². The van der Waals surface area contributed by atoms with Gasteiger partial charge in [0, 0.05) is 18.7 Å². The Bertz CT molecular complexity index is 168. The summed E-state index contributed by atoms with van der Waals surface area (Å²) in [4.78, 5) is 0. The second-order valence-corrected chi connectivity index (χ2v) is 4.60. The van der Waals surface area contributed by atoms with E-state index in [0.29, 0.717) is 12.0 Å². The van der Waals surface area contributed by atoms with Crippen LogP contribution >= 0.6 is 0 Å². The van der Waals surface area contributed by atoms with E-state index in [1.807, 2.05) is 0 Å². The van der Waals surface area contributed by atoms with Crippen LogP contribution in [0, 0.1) is 5.41 Å². The molecule has 0 saturated heterocycles. The lowest BCUT2D eigenvalue weighted by Gasteiger charge is -2.36. The third-order valence-electron chi connectivity index (χ3n) is 3.59. The molecule has 1 aliphatic carbocycles. The molecule has 0 aromatic carbocycles. The molecule has 0 bridgehead atoms. The van der Waals surface area contributed by atoms with Gasteiger partial charge < -0.3 is 16.2 Å². The van der Waals surface area contributed by atoms with Gasteiger partial charge in [0.25, 0.3) is 0 Å². The van der Waals surface area contributed by atoms with Crippen molar-refractivity contribution < 1.29 is 5.11 Å². The predicted octanol–water partition coefficient (Wildman–Crippen LogP) is 0.476. The molecule has 0 aromatic rings. The van der Waals surface area contributed by atoms with Crippen LogP contribution in [0.1, 0.15) is 33.1 Å². The second-order valence-electron chi connectivity index (χ2n) is 4.60. The van der Waals surface area contributed by atoms with Crippen LogP contribution in [-0.2, 0) is 0 Å². The Hall–Kier alpha value is -0.120. The molecule has 0 aliphatic heterocycles. The highest BCUT2D eigenvalue weighted by atomic mass is 16.3. The number of hydrogen-bond acceptors (Lipinski definition) is 3. The van der Waals surface area contributed by atoms with Crippen LogP contribution in [0.5, 0.6) is 0 Å². The van der Waals surface area contributed by atoms with Crippen molar-refractivity contribution in [3.63, 3.8) is 0 Å². The van der Waals surface area contributed by atoms with Crippen LogP contribution in [0.15, 0.2) is 0 Å². The molecule has 0 amide bonds. The van der Waals surface area contributed by atoms with Crippen molar-refractivity contribution in [3.8, 4) is 0 Å². The zero-order valence-electron chi connectivity index (χ0n) is 8.77. The van der Waals surface area contributed by atoms with Crippen molar-refractivity contribution in [3.05, 3.63) is 0 Å². The largest absolute Gasteiger partial charge is 0.396 e. The fourth-order valence-electron chi connectivity index (χ4n) is 1.71. The molecule has 3 heteroatoms. The number of hydrogen-bond donors (Lipinski definition) is 3. The molecule has 1 rings (SSSR count). The zero-order valence-corrected chi connectivity index (χ0v) is 8.77. The Morgan fingerprint density at radius 2 is 2.15 bits per heavy atom. The number of rotatable bonds is 6. The smallest absolute Gasteiger partial charge is 0.0443 e. The molecule has 0 radical (unpaired) electrons. The van der Waals surface area contributed by atoms with Gasteiger partial charge in [-0.15, -0.1) is 0 Å². The molecule has 4 N–H and O–H groups in total. The molecule has 3 nitrogen and oxygen atoms in total. The molecule has 13 heavy (non-hydrogen) atoms. The minimum atomic E-state index is 0.0577. The summed E-state index contributed by atoms with van der Waals surface area (Å²) in [7, 11) is 0. The van der Waals surface area contributed by atoms with E-state index < -0.39 is 0 Å². The Labute approximate surface area is 80.7 Å². The fraction of sp³-hybridized carbons (Fsp3) is 1.00. The normalized spacial score (nSPS) is 24.0. The van der Waals surface area contributed by atoms with E-state index in [1.165, 1.54) is 12.8 Å². The van der Waals surface area contributed by atoms with Gasteiger partial charge in [-0.05, 0) is 38.1 Å². The summed E-state index contributed by atoms with van der Waals surface area (Å²) in [6.45, 7) is 6.27. The Morgan fingerprint density at radius 3 is 2.54 bits per heavy atom. The van der Waals surface area contributed by atoms with Gasteiger partial charge >= 0.3 is 0 Å². The number of nitrogens with one attached hydrogen (secondary N) is 1. The van der Waals surface area contributed by atoms with E-state index >= 15 is 0 Å². The quantitative estimate of drug-likeness (QED) is 0.529. The summed E-state index contributed by atoms with van der Waals surface area (Å²) in [5.74, 6) is 0. The maximum atomic E-state index is 8.68. The van der Waals surface area contributed by atoms with Crippen LogP contribution in [0.25, 0.3) is 0 Å². The molecule has 1 unspecified atom stereocenters. The van der Waals surface area contributed by atoms with E-state index in [0.717, 1.165) is 13.0 Å². The lowest BCUT2D eigenvalue weighted by Crippen LogP contribution is -2.55. The highest BCUT2D eigenvalue weighted by Crippen LogP contribution is 2.53. The van der Waals surface area contributed by atoms with Gasteiger partial charge in [-0.1, -0.05) is 6.92 Å². The van der Waals surface area contributed by atoms with Crippen LogP contribution in [0.4, 0.5) is 0 Å². The summed E-state index contributed by atoms with van der Waals surface area (Å²) >= 11 is 0. The fourth-order valence-corrected chi connectivity index (χ4v) is 1.71. The Kier molecular flexibility index (Phi) is 3.33. The maximum Gasteiger partial charge on any atom is 0.0443 e. The lowest BCUT2D eigenvalue weighted by molar-refractivity contribution is 0.218. The first kappa shape index (κ1) is 11.0. The highest BCUT2D eigenvalue weighted by molar-refractivity contribution is 5.08. The molecule has 1 saturated carbocycles. The summed E-state index contributed by atoms with van der Waals surface area (Å²) < 4.78 is 0. The minimum Gasteiger partial charge on any atom is -0.396 e. The predicted molar refractivity (Wildman–Crippen MR) is 54.5 cm³/mol. The molecular weight excluding hydrogens is 164 g/mol. The standard InChI is InChI=1S/C10H22N2O/c1-9(4-5-9)10(2,8-11)12-6-3-7-13/h12-13H,3-8,11H2,1-2H3. The number of aliphatic hydroxyl groups is 1. The SMILES string of the molecule is CC1(C(C)(CN)NCCCO)CC1. The van der Waals surface area contributed by atoms with Gasteiger partial charge in [-0.3, -0.25) is 0 Å². The summed E-state index contributed by atoms with van der Waals surface area (Å²) in [5, 5.41) is 12.1. The molecule has 78 valence electrons. The number of nitrogens with two attached hydrogens (primary N) is 1. The lowest BCUT2D eigenvalue weighted by atomic mass is 9.84. The molecule has 1 aliphatic rings. The van der Waals surface area contributed by atoms with Gasteiger partial charge in [0.15, 0.2) is 0 Å². The first-order valence-electron chi connectivity index (χ1n) is 5.14. The Balaban J connectivity index is 2.40. The maximum absolute atomic E-state index is 8.68. The zero-order chi connectivity index (χ0) is 9.95. The topological polar surface area (TPSA) is 58.3 Å². The molecule has 0 aromatic heterocycles. The molecule has 0 spiro atoms. The average Bonchev–Trinajstić information content (AvgIpc) is 2.85. The van der Waals surface area contributed by atoms with Crippen LogP contribution in [0.2, 0.25) is 0 Å². The van der Waals surface area contributed by atoms with Crippen molar-refractivity contribution in [2.75, 3.05) is 19.7 Å². The van der Waals surface area contributed by atoms with Gasteiger partial charge in [0.2, 0.25) is 0 Å². The van der Waals surface area contributed by atoms with Crippen LogP contribution in [-0.4, -0.2) is 30.3 Å².